The summed E-state index contributed by atoms with van der Waals surface area (Å²) in [6.07, 6.45) is 1.15. The average Bonchev–Trinajstić information content (AvgIpc) is 3.11. The Kier molecular flexibility index (Phi) is 10.7. The standard InChI is InChI=1S/C38H37N3O5/c1-3-23-41(37(43)34-22-19-28-11-7-9-15-32(28)39-34)24-25-46-30-20-17-27(18-21-30)26-35(38(44)45-2)40-33-16-10-8-14-31(33)36(42)29-12-5-4-6-13-29/h4-22,35,40H,3,23-26H2,1-2H3. The molecule has 0 aliphatic rings. The average molecular weight is 616 g/mol. The van der Waals surface area contributed by atoms with Gasteiger partial charge >= 0.3 is 5.97 Å². The van der Waals surface area contributed by atoms with Crippen LogP contribution in [0.4, 0.5) is 5.69 Å². The van der Waals surface area contributed by atoms with Gasteiger partial charge in [0.25, 0.3) is 5.91 Å². The van der Waals surface area contributed by atoms with Gasteiger partial charge in [-0.15, -0.1) is 0 Å². The Morgan fingerprint density at radius 3 is 2.28 bits per heavy atom. The summed E-state index contributed by atoms with van der Waals surface area (Å²) in [7, 11) is 1.34. The Labute approximate surface area is 269 Å². The first-order valence-corrected chi connectivity index (χ1v) is 15.4. The third kappa shape index (κ3) is 7.95. The lowest BCUT2D eigenvalue weighted by molar-refractivity contribution is -0.141. The van der Waals surface area contributed by atoms with E-state index in [2.05, 4.69) is 10.3 Å². The number of ketones is 1. The molecule has 0 saturated heterocycles. The molecule has 8 nitrogen and oxygen atoms in total. The van der Waals surface area contributed by atoms with E-state index in [1.54, 1.807) is 41.3 Å². The summed E-state index contributed by atoms with van der Waals surface area (Å²) in [5.74, 6) is -0.0526. The minimum Gasteiger partial charge on any atom is -0.492 e. The number of amides is 1. The molecule has 0 radical (unpaired) electrons. The molecule has 1 heterocycles. The molecule has 1 unspecified atom stereocenters. The minimum atomic E-state index is -0.723. The van der Waals surface area contributed by atoms with E-state index in [4.69, 9.17) is 9.47 Å². The molecule has 0 bridgehead atoms. The van der Waals surface area contributed by atoms with Crippen LogP contribution in [0.5, 0.6) is 5.75 Å². The molecule has 234 valence electrons. The van der Waals surface area contributed by atoms with Crippen molar-refractivity contribution < 1.29 is 23.9 Å². The number of carbonyl (C=O) groups is 3. The zero-order valence-electron chi connectivity index (χ0n) is 26.0. The van der Waals surface area contributed by atoms with Gasteiger partial charge in [-0.25, -0.2) is 9.78 Å². The summed E-state index contributed by atoms with van der Waals surface area (Å²) in [6, 6.07) is 34.3. The fourth-order valence-corrected chi connectivity index (χ4v) is 5.24. The number of carbonyl (C=O) groups excluding carboxylic acids is 3. The molecule has 0 aliphatic heterocycles. The lowest BCUT2D eigenvalue weighted by Crippen LogP contribution is -2.35. The Hall–Kier alpha value is -5.50. The zero-order valence-corrected chi connectivity index (χ0v) is 26.0. The van der Waals surface area contributed by atoms with Gasteiger partial charge in [0.15, 0.2) is 5.78 Å². The number of fused-ring (bicyclic) bond motifs is 1. The minimum absolute atomic E-state index is 0.125. The number of benzene rings is 4. The van der Waals surface area contributed by atoms with Crippen LogP contribution in [0.2, 0.25) is 0 Å². The number of esters is 1. The molecule has 46 heavy (non-hydrogen) atoms. The van der Waals surface area contributed by atoms with Crippen molar-refractivity contribution >= 4 is 34.3 Å². The van der Waals surface area contributed by atoms with Crippen LogP contribution in [0.15, 0.2) is 115 Å². The Balaban J connectivity index is 1.21. The monoisotopic (exact) mass is 615 g/mol. The fraction of sp³-hybridized carbons (Fsp3) is 0.211. The number of hydrogen-bond donors (Lipinski definition) is 1. The molecule has 1 N–H and O–H groups in total. The van der Waals surface area contributed by atoms with Gasteiger partial charge in [0.2, 0.25) is 0 Å². The number of nitrogens with zero attached hydrogens (tertiary/aromatic N) is 2. The lowest BCUT2D eigenvalue weighted by atomic mass is 10.00. The third-order valence-corrected chi connectivity index (χ3v) is 7.61. The van der Waals surface area contributed by atoms with E-state index in [1.165, 1.54) is 7.11 Å². The van der Waals surface area contributed by atoms with Crippen LogP contribution in [-0.2, 0) is 16.0 Å². The maximum absolute atomic E-state index is 13.3. The van der Waals surface area contributed by atoms with Gasteiger partial charge in [0.1, 0.15) is 24.1 Å². The van der Waals surface area contributed by atoms with Gasteiger partial charge < -0.3 is 19.7 Å². The Bertz CT molecular complexity index is 1790. The molecule has 0 fully saturated rings. The van der Waals surface area contributed by atoms with Crippen molar-refractivity contribution in [3.63, 3.8) is 0 Å². The van der Waals surface area contributed by atoms with Crippen LogP contribution in [0.25, 0.3) is 10.9 Å². The molecule has 0 saturated carbocycles. The van der Waals surface area contributed by atoms with Gasteiger partial charge in [-0.05, 0) is 48.4 Å². The summed E-state index contributed by atoms with van der Waals surface area (Å²) >= 11 is 0. The summed E-state index contributed by atoms with van der Waals surface area (Å²) in [5.41, 5.74) is 3.67. The number of aromatic nitrogens is 1. The predicted octanol–water partition coefficient (Wildman–Crippen LogP) is 6.59. The summed E-state index contributed by atoms with van der Waals surface area (Å²) in [4.78, 5) is 45.6. The molecule has 5 rings (SSSR count). The quantitative estimate of drug-likeness (QED) is 0.111. The molecular formula is C38H37N3O5. The number of methoxy groups -OCH3 is 1. The SMILES string of the molecule is CCCN(CCOc1ccc(CC(Nc2ccccc2C(=O)c2ccccc2)C(=O)OC)cc1)C(=O)c1ccc2ccccc2n1. The van der Waals surface area contributed by atoms with E-state index in [-0.39, 0.29) is 11.7 Å². The number of para-hydroxylation sites is 2. The van der Waals surface area contributed by atoms with E-state index in [0.29, 0.717) is 54.4 Å². The molecule has 5 aromatic rings. The van der Waals surface area contributed by atoms with Gasteiger partial charge in [0.05, 0.1) is 19.2 Å². The molecule has 1 amide bonds. The van der Waals surface area contributed by atoms with Crippen LogP contribution < -0.4 is 10.1 Å². The summed E-state index contributed by atoms with van der Waals surface area (Å²) in [5, 5.41) is 4.23. The molecule has 8 heteroatoms. The van der Waals surface area contributed by atoms with Gasteiger partial charge in [0, 0.05) is 35.2 Å². The first-order chi connectivity index (χ1) is 22.5. The summed E-state index contributed by atoms with van der Waals surface area (Å²) < 4.78 is 11.1. The highest BCUT2D eigenvalue weighted by molar-refractivity contribution is 6.12. The van der Waals surface area contributed by atoms with E-state index in [0.717, 1.165) is 22.9 Å². The second kappa shape index (κ2) is 15.5. The number of pyridine rings is 1. The maximum Gasteiger partial charge on any atom is 0.328 e. The van der Waals surface area contributed by atoms with Crippen molar-refractivity contribution in [2.45, 2.75) is 25.8 Å². The van der Waals surface area contributed by atoms with Crippen molar-refractivity contribution in [3.05, 3.63) is 138 Å². The highest BCUT2D eigenvalue weighted by atomic mass is 16.5. The number of anilines is 1. The zero-order chi connectivity index (χ0) is 32.3. The third-order valence-electron chi connectivity index (χ3n) is 7.61. The van der Waals surface area contributed by atoms with Crippen LogP contribution in [0.3, 0.4) is 0 Å². The van der Waals surface area contributed by atoms with E-state index in [1.807, 2.05) is 85.8 Å². The van der Waals surface area contributed by atoms with E-state index in [9.17, 15) is 14.4 Å². The first-order valence-electron chi connectivity index (χ1n) is 15.4. The van der Waals surface area contributed by atoms with Crippen LogP contribution in [0, 0.1) is 0 Å². The summed E-state index contributed by atoms with van der Waals surface area (Å²) in [6.45, 7) is 3.36. The molecule has 1 atom stereocenters. The smallest absolute Gasteiger partial charge is 0.328 e. The molecular weight excluding hydrogens is 578 g/mol. The molecule has 1 aromatic heterocycles. The number of ether oxygens (including phenoxy) is 2. The normalized spacial score (nSPS) is 11.4. The van der Waals surface area contributed by atoms with Crippen molar-refractivity contribution in [1.29, 1.82) is 0 Å². The van der Waals surface area contributed by atoms with Crippen LogP contribution in [-0.4, -0.2) is 60.4 Å². The second-order valence-electron chi connectivity index (χ2n) is 10.8. The van der Waals surface area contributed by atoms with Gasteiger partial charge in [-0.1, -0.05) is 85.8 Å². The van der Waals surface area contributed by atoms with Gasteiger partial charge in [-0.2, -0.15) is 0 Å². The number of hydrogen-bond acceptors (Lipinski definition) is 7. The second-order valence-corrected chi connectivity index (χ2v) is 10.8. The number of nitrogens with one attached hydrogen (secondary N) is 1. The van der Waals surface area contributed by atoms with Crippen molar-refractivity contribution in [1.82, 2.24) is 9.88 Å². The van der Waals surface area contributed by atoms with Crippen molar-refractivity contribution in [3.8, 4) is 5.75 Å². The van der Waals surface area contributed by atoms with E-state index < -0.39 is 12.0 Å². The fourth-order valence-electron chi connectivity index (χ4n) is 5.24. The van der Waals surface area contributed by atoms with E-state index >= 15 is 0 Å². The Morgan fingerprint density at radius 1 is 0.804 bits per heavy atom. The van der Waals surface area contributed by atoms with Crippen molar-refractivity contribution in [2.24, 2.45) is 0 Å². The molecule has 0 aliphatic carbocycles. The predicted molar refractivity (Wildman–Crippen MR) is 179 cm³/mol. The maximum atomic E-state index is 13.3. The highest BCUT2D eigenvalue weighted by Crippen LogP contribution is 2.22. The Morgan fingerprint density at radius 2 is 1.52 bits per heavy atom. The first kappa shape index (κ1) is 31.9. The van der Waals surface area contributed by atoms with Crippen molar-refractivity contribution in [2.75, 3.05) is 32.1 Å². The van der Waals surface area contributed by atoms with Gasteiger partial charge in [-0.3, -0.25) is 9.59 Å². The highest BCUT2D eigenvalue weighted by Gasteiger charge is 2.23. The molecule has 0 spiro atoms. The van der Waals surface area contributed by atoms with Crippen LogP contribution in [0.1, 0.15) is 45.3 Å². The number of rotatable bonds is 14. The largest absolute Gasteiger partial charge is 0.492 e. The molecule has 4 aromatic carbocycles. The lowest BCUT2D eigenvalue weighted by Gasteiger charge is -2.22. The topological polar surface area (TPSA) is 97.8 Å². The van der Waals surface area contributed by atoms with Crippen LogP contribution >= 0.6 is 0 Å².